The molecule has 1 aromatic heterocycles. The van der Waals surface area contributed by atoms with Gasteiger partial charge in [0.05, 0.1) is 17.6 Å². The maximum Gasteiger partial charge on any atom is 0.220 e. The highest BCUT2D eigenvalue weighted by Gasteiger charge is 2.59. The first kappa shape index (κ1) is 14.9. The second-order valence-electron chi connectivity index (χ2n) is 7.54. The van der Waals surface area contributed by atoms with Crippen molar-refractivity contribution in [1.82, 2.24) is 15.5 Å². The van der Waals surface area contributed by atoms with Crippen molar-refractivity contribution in [1.29, 1.82) is 0 Å². The average Bonchev–Trinajstić information content (AvgIpc) is 3.00. The molecule has 6 heteroatoms. The highest BCUT2D eigenvalue weighted by atomic mass is 16.1. The van der Waals surface area contributed by atoms with Crippen LogP contribution in [0.5, 0.6) is 0 Å². The summed E-state index contributed by atoms with van der Waals surface area (Å²) in [6.45, 7) is 5.08. The minimum atomic E-state index is -0.122. The van der Waals surface area contributed by atoms with Crippen molar-refractivity contribution >= 4 is 11.6 Å². The molecule has 3 N–H and O–H groups in total. The van der Waals surface area contributed by atoms with E-state index >= 15 is 0 Å². The van der Waals surface area contributed by atoms with Crippen LogP contribution in [0.25, 0.3) is 0 Å². The van der Waals surface area contributed by atoms with Gasteiger partial charge >= 0.3 is 0 Å². The molecule has 0 bridgehead atoms. The van der Waals surface area contributed by atoms with E-state index in [9.17, 15) is 4.79 Å². The number of rotatable bonds is 3. The Labute approximate surface area is 136 Å². The zero-order valence-corrected chi connectivity index (χ0v) is 13.7. The number of piperidine rings is 1. The van der Waals surface area contributed by atoms with Gasteiger partial charge in [-0.05, 0) is 57.1 Å². The Kier molecular flexibility index (Phi) is 3.52. The molecule has 4 rings (SSSR count). The molecule has 3 heterocycles. The second kappa shape index (κ2) is 5.44. The Hall–Kier alpha value is -1.69. The minimum Gasteiger partial charge on any atom is -0.370 e. The van der Waals surface area contributed by atoms with Crippen LogP contribution in [0.3, 0.4) is 0 Å². The van der Waals surface area contributed by atoms with Crippen molar-refractivity contribution in [3.63, 3.8) is 0 Å². The fourth-order valence-electron chi connectivity index (χ4n) is 4.72. The number of amides is 1. The molecule has 23 heavy (non-hydrogen) atoms. The van der Waals surface area contributed by atoms with Crippen LogP contribution in [0.2, 0.25) is 0 Å². The van der Waals surface area contributed by atoms with Crippen molar-refractivity contribution in [2.75, 3.05) is 24.5 Å². The van der Waals surface area contributed by atoms with Gasteiger partial charge in [-0.1, -0.05) is 0 Å². The number of aromatic nitrogens is 2. The van der Waals surface area contributed by atoms with E-state index in [1.165, 1.54) is 18.5 Å². The summed E-state index contributed by atoms with van der Waals surface area (Å²) in [7, 11) is 0. The van der Waals surface area contributed by atoms with Gasteiger partial charge in [0.1, 0.15) is 0 Å². The molecule has 1 aliphatic carbocycles. The molecule has 2 saturated heterocycles. The van der Waals surface area contributed by atoms with E-state index in [1.54, 1.807) is 0 Å². The van der Waals surface area contributed by atoms with Gasteiger partial charge in [0.25, 0.3) is 0 Å². The number of nitrogens with zero attached hydrogens (tertiary/aromatic N) is 3. The number of primary amides is 1. The molecule has 6 nitrogen and oxygen atoms in total. The Balaban J connectivity index is 1.41. The van der Waals surface area contributed by atoms with Crippen LogP contribution in [-0.4, -0.2) is 41.3 Å². The lowest BCUT2D eigenvalue weighted by molar-refractivity contribution is -0.123. The number of aryl methyl sites for hydroxylation is 1. The lowest BCUT2D eigenvalue weighted by Crippen LogP contribution is -2.46. The van der Waals surface area contributed by atoms with Crippen LogP contribution in [0.1, 0.15) is 31.4 Å². The largest absolute Gasteiger partial charge is 0.370 e. The van der Waals surface area contributed by atoms with Crippen molar-refractivity contribution in [3.8, 4) is 0 Å². The van der Waals surface area contributed by atoms with E-state index in [1.807, 2.05) is 13.1 Å². The molecule has 124 valence electrons. The summed E-state index contributed by atoms with van der Waals surface area (Å²) in [5, 5.41) is 11.8. The highest BCUT2D eigenvalue weighted by molar-refractivity contribution is 5.77. The van der Waals surface area contributed by atoms with Crippen molar-refractivity contribution < 1.29 is 4.79 Å². The van der Waals surface area contributed by atoms with Gasteiger partial charge in [-0.3, -0.25) is 4.79 Å². The van der Waals surface area contributed by atoms with Gasteiger partial charge in [-0.25, -0.2) is 0 Å². The standard InChI is InChI=1S/C17H25N5O/c1-11-6-14(9-20-21-11)22-5-3-13(10-22)15-8-17(15)7-12(16(18)23)2-4-19-17/h6,9,12-13,15,19H,2-5,7-8,10H2,1H3,(H2,18,23)/t12?,13-,15?,17?/m0/s1. The molecule has 0 aromatic carbocycles. The van der Waals surface area contributed by atoms with Crippen LogP contribution in [0.15, 0.2) is 12.3 Å². The SMILES string of the molecule is Cc1cc(N2CC[C@H](C3CC34CC(C(N)=O)CCN4)C2)cnn1. The molecule has 3 unspecified atom stereocenters. The van der Waals surface area contributed by atoms with Crippen LogP contribution < -0.4 is 16.0 Å². The molecule has 2 aliphatic heterocycles. The molecule has 4 atom stereocenters. The predicted molar refractivity (Wildman–Crippen MR) is 87.8 cm³/mol. The van der Waals surface area contributed by atoms with Gasteiger partial charge in [0.15, 0.2) is 0 Å². The summed E-state index contributed by atoms with van der Waals surface area (Å²) in [5.74, 6) is 1.32. The van der Waals surface area contributed by atoms with E-state index in [2.05, 4.69) is 26.5 Å². The number of hydrogen-bond donors (Lipinski definition) is 2. The number of nitrogens with one attached hydrogen (secondary N) is 1. The van der Waals surface area contributed by atoms with Crippen LogP contribution in [0.4, 0.5) is 5.69 Å². The topological polar surface area (TPSA) is 84.1 Å². The van der Waals surface area contributed by atoms with E-state index in [-0.39, 0.29) is 17.4 Å². The Bertz CT molecular complexity index is 621. The van der Waals surface area contributed by atoms with E-state index in [4.69, 9.17) is 5.73 Å². The normalized spacial score (nSPS) is 36.4. The summed E-state index contributed by atoms with van der Waals surface area (Å²) >= 11 is 0. The summed E-state index contributed by atoms with van der Waals surface area (Å²) in [5.41, 5.74) is 7.87. The van der Waals surface area contributed by atoms with Crippen LogP contribution >= 0.6 is 0 Å². The van der Waals surface area contributed by atoms with Crippen molar-refractivity contribution in [2.24, 2.45) is 23.5 Å². The third kappa shape index (κ3) is 2.69. The Morgan fingerprint density at radius 2 is 2.30 bits per heavy atom. The minimum absolute atomic E-state index is 0.0609. The van der Waals surface area contributed by atoms with E-state index in [0.29, 0.717) is 11.8 Å². The summed E-state index contributed by atoms with van der Waals surface area (Å²) in [4.78, 5) is 14.0. The number of nitrogens with two attached hydrogens (primary N) is 1. The number of anilines is 1. The fourth-order valence-corrected chi connectivity index (χ4v) is 4.72. The number of carbonyl (C=O) groups is 1. The second-order valence-corrected chi connectivity index (χ2v) is 7.54. The first-order valence-corrected chi connectivity index (χ1v) is 8.66. The maximum absolute atomic E-state index is 11.5. The Morgan fingerprint density at radius 1 is 1.43 bits per heavy atom. The quantitative estimate of drug-likeness (QED) is 0.864. The van der Waals surface area contributed by atoms with Crippen LogP contribution in [0, 0.1) is 24.7 Å². The molecule has 1 saturated carbocycles. The third-order valence-electron chi connectivity index (χ3n) is 6.04. The first-order valence-electron chi connectivity index (χ1n) is 8.66. The molecule has 1 aromatic rings. The monoisotopic (exact) mass is 315 g/mol. The van der Waals surface area contributed by atoms with Crippen molar-refractivity contribution in [3.05, 3.63) is 18.0 Å². The molecule has 0 radical (unpaired) electrons. The van der Waals surface area contributed by atoms with Crippen LogP contribution in [-0.2, 0) is 4.79 Å². The molecular weight excluding hydrogens is 290 g/mol. The Morgan fingerprint density at radius 3 is 3.09 bits per heavy atom. The van der Waals surface area contributed by atoms with Gasteiger partial charge in [-0.2, -0.15) is 10.2 Å². The predicted octanol–water partition coefficient (Wildman–Crippen LogP) is 0.855. The molecule has 3 aliphatic rings. The third-order valence-corrected chi connectivity index (χ3v) is 6.04. The summed E-state index contributed by atoms with van der Waals surface area (Å²) in [6, 6.07) is 2.11. The van der Waals surface area contributed by atoms with E-state index < -0.39 is 0 Å². The van der Waals surface area contributed by atoms with Gasteiger partial charge in [-0.15, -0.1) is 0 Å². The zero-order valence-electron chi connectivity index (χ0n) is 13.7. The highest BCUT2D eigenvalue weighted by Crippen LogP contribution is 2.55. The van der Waals surface area contributed by atoms with Gasteiger partial charge in [0, 0.05) is 24.5 Å². The molecule has 1 amide bonds. The average molecular weight is 315 g/mol. The first-order chi connectivity index (χ1) is 11.1. The smallest absolute Gasteiger partial charge is 0.220 e. The molecule has 3 fully saturated rings. The lowest BCUT2D eigenvalue weighted by atomic mass is 9.86. The summed E-state index contributed by atoms with van der Waals surface area (Å²) in [6.07, 6.45) is 6.10. The molecule has 1 spiro atoms. The maximum atomic E-state index is 11.5. The van der Waals surface area contributed by atoms with Gasteiger partial charge in [0.2, 0.25) is 5.91 Å². The van der Waals surface area contributed by atoms with Crippen molar-refractivity contribution in [2.45, 2.75) is 38.1 Å². The molecular formula is C17H25N5O. The summed E-state index contributed by atoms with van der Waals surface area (Å²) < 4.78 is 0. The number of hydrogen-bond acceptors (Lipinski definition) is 5. The lowest BCUT2D eigenvalue weighted by Gasteiger charge is -2.31. The fraction of sp³-hybridized carbons (Fsp3) is 0.706. The zero-order chi connectivity index (χ0) is 16.0. The van der Waals surface area contributed by atoms with Gasteiger partial charge < -0.3 is 16.0 Å². The number of carbonyl (C=O) groups excluding carboxylic acids is 1. The van der Waals surface area contributed by atoms with E-state index in [0.717, 1.165) is 38.2 Å².